The lowest BCUT2D eigenvalue weighted by Crippen LogP contribution is -2.48. The minimum Gasteiger partial charge on any atom is -0.449 e. The van der Waals surface area contributed by atoms with Crippen molar-refractivity contribution >= 4 is 17.8 Å². The summed E-state index contributed by atoms with van der Waals surface area (Å²) in [7, 11) is 0. The van der Waals surface area contributed by atoms with E-state index in [2.05, 4.69) is 10.7 Å². The third kappa shape index (κ3) is 5.29. The normalized spacial score (nSPS) is 9.58. The number of rotatable bonds is 4. The molecule has 0 saturated carbocycles. The lowest BCUT2D eigenvalue weighted by atomic mass is 10.3. The second-order valence-electron chi connectivity index (χ2n) is 3.78. The number of anilines is 1. The number of hydrogen-bond donors (Lipinski definition) is 2. The molecule has 1 aromatic carbocycles. The van der Waals surface area contributed by atoms with E-state index >= 15 is 0 Å². The van der Waals surface area contributed by atoms with Crippen LogP contribution in [0.1, 0.15) is 20.3 Å². The summed E-state index contributed by atoms with van der Waals surface area (Å²) in [5.74, 6) is 0. The van der Waals surface area contributed by atoms with Crippen LogP contribution in [0.4, 0.5) is 15.3 Å². The first-order chi connectivity index (χ1) is 9.17. The molecule has 1 aromatic rings. The number of para-hydroxylation sites is 1. The molecular weight excluding hydrogens is 246 g/mol. The highest BCUT2D eigenvalue weighted by Gasteiger charge is 2.15. The maximum atomic E-state index is 12.0. The van der Waals surface area contributed by atoms with Gasteiger partial charge < -0.3 is 10.1 Å². The number of carbonyl (C=O) groups is 2. The van der Waals surface area contributed by atoms with Gasteiger partial charge in [-0.1, -0.05) is 25.1 Å². The van der Waals surface area contributed by atoms with Crippen LogP contribution in [0.15, 0.2) is 30.3 Å². The zero-order valence-electron chi connectivity index (χ0n) is 11.2. The molecule has 6 nitrogen and oxygen atoms in total. The van der Waals surface area contributed by atoms with Crippen LogP contribution in [0, 0.1) is 0 Å². The number of hydrogen-bond acceptors (Lipinski definition) is 3. The van der Waals surface area contributed by atoms with Gasteiger partial charge in [0.25, 0.3) is 0 Å². The molecule has 0 heterocycles. The van der Waals surface area contributed by atoms with Gasteiger partial charge in [-0.05, 0) is 25.5 Å². The van der Waals surface area contributed by atoms with Crippen LogP contribution in [0.3, 0.4) is 0 Å². The Morgan fingerprint density at radius 2 is 1.89 bits per heavy atom. The summed E-state index contributed by atoms with van der Waals surface area (Å²) in [6.07, 6.45) is 0.0772. The quantitative estimate of drug-likeness (QED) is 0.822. The van der Waals surface area contributed by atoms with Crippen molar-refractivity contribution in [2.24, 2.45) is 0 Å². The Bertz CT molecular complexity index is 409. The average molecular weight is 265 g/mol. The minimum atomic E-state index is -0.640. The monoisotopic (exact) mass is 265 g/mol. The second-order valence-corrected chi connectivity index (χ2v) is 3.78. The van der Waals surface area contributed by atoms with Gasteiger partial charge in [0.05, 0.1) is 6.61 Å². The number of hydrazine groups is 1. The molecule has 3 amide bonds. The number of amides is 3. The summed E-state index contributed by atoms with van der Waals surface area (Å²) in [5, 5.41) is 3.89. The third-order valence-electron chi connectivity index (χ3n) is 2.22. The molecule has 0 atom stereocenters. The Hall–Kier alpha value is -2.24. The van der Waals surface area contributed by atoms with Crippen molar-refractivity contribution in [3.63, 3.8) is 0 Å². The van der Waals surface area contributed by atoms with Gasteiger partial charge in [-0.3, -0.25) is 0 Å². The standard InChI is InChI=1S/C13H19N3O3/c1-3-10-16(15-13(18)19-4-2)12(17)14-11-8-6-5-7-9-11/h5-9H,3-4,10H2,1-2H3,(H,14,17)(H,15,18). The molecule has 0 saturated heterocycles. The van der Waals surface area contributed by atoms with Gasteiger partial charge >= 0.3 is 12.1 Å². The van der Waals surface area contributed by atoms with E-state index in [4.69, 9.17) is 4.74 Å². The summed E-state index contributed by atoms with van der Waals surface area (Å²) in [6, 6.07) is 8.63. The molecule has 0 fully saturated rings. The number of nitrogens with zero attached hydrogens (tertiary/aromatic N) is 1. The molecule has 0 aliphatic rings. The van der Waals surface area contributed by atoms with Crippen molar-refractivity contribution in [2.75, 3.05) is 18.5 Å². The summed E-state index contributed by atoms with van der Waals surface area (Å²) in [5.41, 5.74) is 3.06. The van der Waals surface area contributed by atoms with Crippen LogP contribution in [0.25, 0.3) is 0 Å². The summed E-state index contributed by atoms with van der Waals surface area (Å²) in [4.78, 5) is 23.3. The van der Waals surface area contributed by atoms with Crippen LogP contribution < -0.4 is 10.7 Å². The molecule has 0 aliphatic heterocycles. The van der Waals surface area contributed by atoms with Crippen LogP contribution >= 0.6 is 0 Å². The van der Waals surface area contributed by atoms with Gasteiger partial charge in [-0.15, -0.1) is 0 Å². The van der Waals surface area contributed by atoms with Gasteiger partial charge in [0, 0.05) is 12.2 Å². The summed E-state index contributed by atoms with van der Waals surface area (Å²) >= 11 is 0. The topological polar surface area (TPSA) is 70.7 Å². The summed E-state index contributed by atoms with van der Waals surface area (Å²) < 4.78 is 4.75. The fourth-order valence-electron chi connectivity index (χ4n) is 1.42. The largest absolute Gasteiger partial charge is 0.449 e. The van der Waals surface area contributed by atoms with E-state index in [0.717, 1.165) is 0 Å². The first-order valence-electron chi connectivity index (χ1n) is 6.24. The van der Waals surface area contributed by atoms with Gasteiger partial charge in [0.2, 0.25) is 0 Å². The van der Waals surface area contributed by atoms with Crippen molar-refractivity contribution in [3.05, 3.63) is 30.3 Å². The van der Waals surface area contributed by atoms with Crippen LogP contribution in [-0.2, 0) is 4.74 Å². The Labute approximate surface area is 112 Å². The zero-order valence-corrected chi connectivity index (χ0v) is 11.2. The first-order valence-corrected chi connectivity index (χ1v) is 6.24. The maximum Gasteiger partial charge on any atom is 0.426 e. The molecule has 2 N–H and O–H groups in total. The van der Waals surface area contributed by atoms with E-state index in [0.29, 0.717) is 18.7 Å². The molecule has 0 radical (unpaired) electrons. The molecule has 104 valence electrons. The van der Waals surface area contributed by atoms with E-state index in [1.54, 1.807) is 19.1 Å². The molecule has 6 heteroatoms. The Kier molecular flexibility index (Phi) is 6.21. The highest BCUT2D eigenvalue weighted by atomic mass is 16.6. The molecular formula is C13H19N3O3. The molecule has 0 unspecified atom stereocenters. The number of nitrogens with one attached hydrogen (secondary N) is 2. The van der Waals surface area contributed by atoms with Gasteiger partial charge in [-0.25, -0.2) is 20.0 Å². The van der Waals surface area contributed by atoms with E-state index in [9.17, 15) is 9.59 Å². The molecule has 1 rings (SSSR count). The second kappa shape index (κ2) is 7.97. The smallest absolute Gasteiger partial charge is 0.426 e. The highest BCUT2D eigenvalue weighted by molar-refractivity contribution is 5.90. The highest BCUT2D eigenvalue weighted by Crippen LogP contribution is 2.06. The fourth-order valence-corrected chi connectivity index (χ4v) is 1.42. The molecule has 0 spiro atoms. The van der Waals surface area contributed by atoms with Crippen molar-refractivity contribution in [2.45, 2.75) is 20.3 Å². The Morgan fingerprint density at radius 3 is 2.47 bits per heavy atom. The molecule has 0 aromatic heterocycles. The molecule has 0 bridgehead atoms. The maximum absolute atomic E-state index is 12.0. The van der Waals surface area contributed by atoms with E-state index in [1.165, 1.54) is 5.01 Å². The van der Waals surface area contributed by atoms with Gasteiger partial charge in [-0.2, -0.15) is 0 Å². The SMILES string of the molecule is CCCN(NC(=O)OCC)C(=O)Nc1ccccc1. The predicted octanol–water partition coefficient (Wildman–Crippen LogP) is 2.59. The fraction of sp³-hybridized carbons (Fsp3) is 0.385. The van der Waals surface area contributed by atoms with E-state index < -0.39 is 12.1 Å². The van der Waals surface area contributed by atoms with Crippen molar-refractivity contribution < 1.29 is 14.3 Å². The molecule has 0 aliphatic carbocycles. The van der Waals surface area contributed by atoms with Crippen molar-refractivity contribution in [1.29, 1.82) is 0 Å². The zero-order chi connectivity index (χ0) is 14.1. The number of urea groups is 1. The van der Waals surface area contributed by atoms with Gasteiger partial charge in [0.15, 0.2) is 0 Å². The van der Waals surface area contributed by atoms with Crippen molar-refractivity contribution in [3.8, 4) is 0 Å². The third-order valence-corrected chi connectivity index (χ3v) is 2.22. The number of carbonyl (C=O) groups excluding carboxylic acids is 2. The molecule has 19 heavy (non-hydrogen) atoms. The minimum absolute atomic E-state index is 0.256. The summed E-state index contributed by atoms with van der Waals surface area (Å²) in [6.45, 7) is 4.27. The number of benzene rings is 1. The Balaban J connectivity index is 2.59. The number of ether oxygens (including phenoxy) is 1. The van der Waals surface area contributed by atoms with Crippen molar-refractivity contribution in [1.82, 2.24) is 10.4 Å². The first kappa shape index (κ1) is 14.8. The lowest BCUT2D eigenvalue weighted by molar-refractivity contribution is 0.119. The Morgan fingerprint density at radius 1 is 1.21 bits per heavy atom. The average Bonchev–Trinajstić information content (AvgIpc) is 2.39. The van der Waals surface area contributed by atoms with E-state index in [1.807, 2.05) is 25.1 Å². The van der Waals surface area contributed by atoms with Crippen LogP contribution in [-0.4, -0.2) is 30.3 Å². The predicted molar refractivity (Wildman–Crippen MR) is 72.6 cm³/mol. The van der Waals surface area contributed by atoms with Gasteiger partial charge in [0.1, 0.15) is 0 Å². The van der Waals surface area contributed by atoms with Crippen LogP contribution in [0.5, 0.6) is 0 Å². The van der Waals surface area contributed by atoms with Crippen LogP contribution in [0.2, 0.25) is 0 Å². The van der Waals surface area contributed by atoms with E-state index in [-0.39, 0.29) is 6.61 Å². The lowest BCUT2D eigenvalue weighted by Gasteiger charge is -2.22.